The molecule has 3 aliphatic rings. The molecule has 40 heavy (non-hydrogen) atoms. The minimum atomic E-state index is 0. The lowest BCUT2D eigenvalue weighted by atomic mass is 9.81. The Morgan fingerprint density at radius 2 is 0.950 bits per heavy atom. The van der Waals surface area contributed by atoms with Crippen molar-refractivity contribution >= 4 is 36.2 Å². The topological polar surface area (TPSA) is 37.0 Å². The van der Waals surface area contributed by atoms with E-state index in [0.29, 0.717) is 0 Å². The Hall–Kier alpha value is -1.54. The third-order valence-corrected chi connectivity index (χ3v) is 9.03. The fraction of sp³-hybridized carbons (Fsp3) is 0.625. The molecule has 2 aliphatic heterocycles. The molecule has 1 aliphatic carbocycles. The van der Waals surface area contributed by atoms with Crippen molar-refractivity contribution in [1.29, 1.82) is 0 Å². The maximum Gasteiger partial charge on any atom is 0.0367 e. The van der Waals surface area contributed by atoms with Gasteiger partial charge in [0.1, 0.15) is 0 Å². The van der Waals surface area contributed by atoms with Crippen LogP contribution in [0, 0.1) is 11.8 Å². The van der Waals surface area contributed by atoms with Gasteiger partial charge in [-0.2, -0.15) is 0 Å². The molecule has 3 fully saturated rings. The normalized spacial score (nSPS) is 22.4. The average molecular weight is 592 g/mol. The second-order valence-corrected chi connectivity index (χ2v) is 12.1. The SMILES string of the molecule is CN1CCN(c2ccc(CNCC3CCCC(CNCc4ccc(N5CCN(C)CC5)cc4)C3)cc2)CC1.Cl.Cl. The summed E-state index contributed by atoms with van der Waals surface area (Å²) >= 11 is 0. The lowest BCUT2D eigenvalue weighted by Crippen LogP contribution is -2.44. The maximum atomic E-state index is 3.77. The first kappa shape index (κ1) is 33.0. The first-order valence-electron chi connectivity index (χ1n) is 15.1. The first-order valence-corrected chi connectivity index (χ1v) is 15.1. The fourth-order valence-corrected chi connectivity index (χ4v) is 6.39. The molecule has 2 unspecified atom stereocenters. The van der Waals surface area contributed by atoms with Crippen LogP contribution < -0.4 is 20.4 Å². The molecule has 2 saturated heterocycles. The van der Waals surface area contributed by atoms with E-state index in [1.54, 1.807) is 0 Å². The summed E-state index contributed by atoms with van der Waals surface area (Å²) in [6.07, 6.45) is 5.47. The summed E-state index contributed by atoms with van der Waals surface area (Å²) in [4.78, 5) is 9.84. The zero-order valence-corrected chi connectivity index (χ0v) is 26.3. The van der Waals surface area contributed by atoms with Crippen molar-refractivity contribution in [2.75, 3.05) is 89.3 Å². The zero-order chi connectivity index (χ0) is 26.2. The van der Waals surface area contributed by atoms with E-state index in [1.165, 1.54) is 48.2 Å². The number of halogens is 2. The van der Waals surface area contributed by atoms with Gasteiger partial charge >= 0.3 is 0 Å². The molecule has 6 nitrogen and oxygen atoms in total. The first-order chi connectivity index (χ1) is 18.6. The van der Waals surface area contributed by atoms with Gasteiger partial charge in [0, 0.05) is 76.8 Å². The van der Waals surface area contributed by atoms with Crippen molar-refractivity contribution < 1.29 is 0 Å². The third-order valence-electron chi connectivity index (χ3n) is 9.03. The summed E-state index contributed by atoms with van der Waals surface area (Å²) in [6, 6.07) is 18.5. The van der Waals surface area contributed by atoms with Gasteiger partial charge in [0.15, 0.2) is 0 Å². The Kier molecular flexibility index (Phi) is 13.8. The van der Waals surface area contributed by atoms with E-state index < -0.39 is 0 Å². The number of hydrogen-bond donors (Lipinski definition) is 2. The van der Waals surface area contributed by atoms with E-state index in [2.05, 4.69) is 92.9 Å². The number of rotatable bonds is 10. The van der Waals surface area contributed by atoms with E-state index in [0.717, 1.165) is 90.4 Å². The van der Waals surface area contributed by atoms with Crippen molar-refractivity contribution in [2.24, 2.45) is 11.8 Å². The quantitative estimate of drug-likeness (QED) is 0.417. The van der Waals surface area contributed by atoms with Gasteiger partial charge in [-0.1, -0.05) is 30.7 Å². The minimum absolute atomic E-state index is 0. The van der Waals surface area contributed by atoms with Crippen LogP contribution in [0.15, 0.2) is 48.5 Å². The number of likely N-dealkylation sites (N-methyl/N-ethyl adjacent to an activating group) is 2. The number of hydrogen-bond acceptors (Lipinski definition) is 6. The Balaban J connectivity index is 0.00000220. The number of piperazine rings is 2. The molecule has 2 heterocycles. The van der Waals surface area contributed by atoms with E-state index in [1.807, 2.05) is 0 Å². The van der Waals surface area contributed by atoms with Gasteiger partial charge in [0.2, 0.25) is 0 Å². The maximum absolute atomic E-state index is 3.77. The number of anilines is 2. The standard InChI is InChI=1S/C32H50N6.2ClH/c1-35-14-18-37(19-15-35)31-10-6-27(7-11-31)23-33-25-29-4-3-5-30(22-29)26-34-24-28-8-12-32(13-9-28)38-20-16-36(2)17-21-38;;/h6-13,29-30,33-34H,3-5,14-26H2,1-2H3;2*1H. The number of nitrogens with zero attached hydrogens (tertiary/aromatic N) is 4. The van der Waals surface area contributed by atoms with Crippen LogP contribution in [-0.4, -0.2) is 89.3 Å². The second kappa shape index (κ2) is 16.8. The zero-order valence-electron chi connectivity index (χ0n) is 24.7. The highest BCUT2D eigenvalue weighted by atomic mass is 35.5. The summed E-state index contributed by atoms with van der Waals surface area (Å²) in [5, 5.41) is 7.53. The molecule has 0 spiro atoms. The van der Waals surface area contributed by atoms with Gasteiger partial charge in [0.25, 0.3) is 0 Å². The molecule has 0 bridgehead atoms. The fourth-order valence-electron chi connectivity index (χ4n) is 6.39. The van der Waals surface area contributed by atoms with Gasteiger partial charge < -0.3 is 30.2 Å². The van der Waals surface area contributed by atoms with Crippen LogP contribution >= 0.6 is 24.8 Å². The van der Waals surface area contributed by atoms with Crippen molar-refractivity contribution in [2.45, 2.75) is 38.8 Å². The summed E-state index contributed by atoms with van der Waals surface area (Å²) in [5.74, 6) is 1.62. The molecule has 2 aromatic carbocycles. The highest BCUT2D eigenvalue weighted by Crippen LogP contribution is 2.28. The summed E-state index contributed by atoms with van der Waals surface area (Å²) in [6.45, 7) is 13.4. The van der Waals surface area contributed by atoms with Crippen molar-refractivity contribution in [3.05, 3.63) is 59.7 Å². The summed E-state index contributed by atoms with van der Waals surface area (Å²) in [5.41, 5.74) is 5.54. The lowest BCUT2D eigenvalue weighted by molar-refractivity contribution is 0.252. The van der Waals surface area contributed by atoms with Gasteiger partial charge in [-0.15, -0.1) is 24.8 Å². The van der Waals surface area contributed by atoms with Crippen LogP contribution in [0.5, 0.6) is 0 Å². The monoisotopic (exact) mass is 590 g/mol. The van der Waals surface area contributed by atoms with Crippen LogP contribution in [0.2, 0.25) is 0 Å². The Morgan fingerprint density at radius 1 is 0.575 bits per heavy atom. The van der Waals surface area contributed by atoms with E-state index in [-0.39, 0.29) is 24.8 Å². The van der Waals surface area contributed by atoms with Gasteiger partial charge in [-0.25, -0.2) is 0 Å². The second-order valence-electron chi connectivity index (χ2n) is 12.1. The van der Waals surface area contributed by atoms with E-state index >= 15 is 0 Å². The van der Waals surface area contributed by atoms with Crippen LogP contribution in [-0.2, 0) is 13.1 Å². The average Bonchev–Trinajstić information content (AvgIpc) is 2.95. The lowest BCUT2D eigenvalue weighted by Gasteiger charge is -2.34. The van der Waals surface area contributed by atoms with Gasteiger partial charge in [-0.3, -0.25) is 0 Å². The van der Waals surface area contributed by atoms with Crippen LogP contribution in [0.1, 0.15) is 36.8 Å². The molecule has 2 N–H and O–H groups in total. The number of benzene rings is 2. The van der Waals surface area contributed by atoms with Crippen molar-refractivity contribution in [3.8, 4) is 0 Å². The molecule has 224 valence electrons. The molecule has 0 amide bonds. The van der Waals surface area contributed by atoms with Gasteiger partial charge in [0.05, 0.1) is 0 Å². The predicted octanol–water partition coefficient (Wildman–Crippen LogP) is 4.72. The molecule has 8 heteroatoms. The smallest absolute Gasteiger partial charge is 0.0367 e. The highest BCUT2D eigenvalue weighted by molar-refractivity contribution is 5.85. The molecule has 1 saturated carbocycles. The van der Waals surface area contributed by atoms with Crippen LogP contribution in [0.25, 0.3) is 0 Å². The van der Waals surface area contributed by atoms with Crippen LogP contribution in [0.3, 0.4) is 0 Å². The molecular formula is C32H52Cl2N6. The van der Waals surface area contributed by atoms with Crippen molar-refractivity contribution in [3.63, 3.8) is 0 Å². The molecule has 5 rings (SSSR count). The Labute approximate surface area is 255 Å². The van der Waals surface area contributed by atoms with Crippen LogP contribution in [0.4, 0.5) is 11.4 Å². The summed E-state index contributed by atoms with van der Waals surface area (Å²) in [7, 11) is 4.43. The Bertz CT molecular complexity index is 879. The Morgan fingerprint density at radius 3 is 1.32 bits per heavy atom. The molecule has 0 aromatic heterocycles. The largest absolute Gasteiger partial charge is 0.369 e. The predicted molar refractivity (Wildman–Crippen MR) is 176 cm³/mol. The molecule has 2 aromatic rings. The third kappa shape index (κ3) is 9.78. The number of nitrogens with one attached hydrogen (secondary N) is 2. The summed E-state index contributed by atoms with van der Waals surface area (Å²) < 4.78 is 0. The minimum Gasteiger partial charge on any atom is -0.369 e. The van der Waals surface area contributed by atoms with Gasteiger partial charge in [-0.05, 0) is 93.7 Å². The molecular weight excluding hydrogens is 539 g/mol. The molecule has 0 radical (unpaired) electrons. The van der Waals surface area contributed by atoms with E-state index in [4.69, 9.17) is 0 Å². The van der Waals surface area contributed by atoms with E-state index in [9.17, 15) is 0 Å². The highest BCUT2D eigenvalue weighted by Gasteiger charge is 2.21. The molecule has 2 atom stereocenters. The van der Waals surface area contributed by atoms with Crippen molar-refractivity contribution in [1.82, 2.24) is 20.4 Å².